The Morgan fingerprint density at radius 2 is 1.38 bits per heavy atom. The highest BCUT2D eigenvalue weighted by Gasteiger charge is 2.36. The highest BCUT2D eigenvalue weighted by molar-refractivity contribution is 7.91. The maximum Gasteiger partial charge on any atom is 0.239 e. The lowest BCUT2D eigenvalue weighted by Crippen LogP contribution is -2.55. The monoisotopic (exact) mass is 491 g/mol. The molecule has 0 spiro atoms. The molecule has 0 unspecified atom stereocenters. The molecule has 1 amide bonds. The second-order valence-electron chi connectivity index (χ2n) is 9.26. The molecule has 0 saturated carbocycles. The Morgan fingerprint density at radius 3 is 1.82 bits per heavy atom. The number of hydrogen-bond acceptors (Lipinski definition) is 5. The third-order valence-corrected chi connectivity index (χ3v) is 8.84. The van der Waals surface area contributed by atoms with Crippen molar-refractivity contribution >= 4 is 15.7 Å². The van der Waals surface area contributed by atoms with Crippen molar-refractivity contribution in [3.8, 4) is 0 Å². The van der Waals surface area contributed by atoms with E-state index in [1.165, 1.54) is 24.3 Å². The van der Waals surface area contributed by atoms with Crippen LogP contribution in [0.5, 0.6) is 0 Å². The summed E-state index contributed by atoms with van der Waals surface area (Å²) in [4.78, 5) is 19.0. The smallest absolute Gasteiger partial charge is 0.239 e. The highest BCUT2D eigenvalue weighted by atomic mass is 32.2. The van der Waals surface area contributed by atoms with E-state index in [0.29, 0.717) is 32.6 Å². The summed E-state index contributed by atoms with van der Waals surface area (Å²) in [5, 5.41) is 0. The van der Waals surface area contributed by atoms with E-state index >= 15 is 0 Å². The molecule has 2 fully saturated rings. The maximum absolute atomic E-state index is 13.5. The summed E-state index contributed by atoms with van der Waals surface area (Å²) in [6.45, 7) is 4.54. The number of carbonyl (C=O) groups excluding carboxylic acids is 1. The molecule has 6 nitrogen and oxygen atoms in total. The molecule has 184 valence electrons. The Hall–Kier alpha value is -2.36. The van der Waals surface area contributed by atoms with Crippen LogP contribution >= 0.6 is 0 Å². The molecule has 2 saturated heterocycles. The SMILES string of the molecule is C[C@H](C(=O)N(C)[C@H]1CCS(=O)(=O)C1)N1CCN(C(c2ccc(F)cc2)c2ccc(F)cc2)CC1. The number of nitrogens with zero attached hydrogens (tertiary/aromatic N) is 3. The van der Waals surface area contributed by atoms with Crippen molar-refractivity contribution in [1.82, 2.24) is 14.7 Å². The van der Waals surface area contributed by atoms with Gasteiger partial charge in [-0.05, 0) is 48.7 Å². The largest absolute Gasteiger partial charge is 0.340 e. The number of benzene rings is 2. The predicted molar refractivity (Wildman–Crippen MR) is 127 cm³/mol. The Bertz CT molecular complexity index is 1060. The first-order valence-electron chi connectivity index (χ1n) is 11.6. The minimum atomic E-state index is -3.06. The van der Waals surface area contributed by atoms with Crippen LogP contribution in [0.15, 0.2) is 48.5 Å². The van der Waals surface area contributed by atoms with Crippen LogP contribution in [0.2, 0.25) is 0 Å². The van der Waals surface area contributed by atoms with E-state index in [9.17, 15) is 22.0 Å². The fourth-order valence-corrected chi connectivity index (χ4v) is 6.77. The third-order valence-electron chi connectivity index (χ3n) is 7.09. The van der Waals surface area contributed by atoms with Gasteiger partial charge in [-0.2, -0.15) is 0 Å². The number of likely N-dealkylation sites (N-methyl/N-ethyl adjacent to an activating group) is 1. The fraction of sp³-hybridized carbons (Fsp3) is 0.480. The summed E-state index contributed by atoms with van der Waals surface area (Å²) in [7, 11) is -1.37. The average molecular weight is 492 g/mol. The zero-order valence-corrected chi connectivity index (χ0v) is 20.3. The summed E-state index contributed by atoms with van der Waals surface area (Å²) in [6.07, 6.45) is 0.488. The van der Waals surface area contributed by atoms with E-state index in [1.807, 2.05) is 6.92 Å². The summed E-state index contributed by atoms with van der Waals surface area (Å²) in [6, 6.07) is 12.0. The van der Waals surface area contributed by atoms with E-state index < -0.39 is 9.84 Å². The quantitative estimate of drug-likeness (QED) is 0.622. The summed E-state index contributed by atoms with van der Waals surface area (Å²) in [5.41, 5.74) is 1.85. The molecule has 0 N–H and O–H groups in total. The molecule has 2 aliphatic rings. The topological polar surface area (TPSA) is 60.9 Å². The molecule has 0 aromatic heterocycles. The zero-order valence-electron chi connectivity index (χ0n) is 19.5. The molecule has 34 heavy (non-hydrogen) atoms. The van der Waals surface area contributed by atoms with E-state index in [0.717, 1.165) is 11.1 Å². The van der Waals surface area contributed by atoms with Gasteiger partial charge in [-0.3, -0.25) is 14.6 Å². The van der Waals surface area contributed by atoms with Gasteiger partial charge in [0.25, 0.3) is 0 Å². The van der Waals surface area contributed by atoms with Crippen LogP contribution in [-0.4, -0.2) is 85.8 Å². The average Bonchev–Trinajstić information content (AvgIpc) is 3.20. The maximum atomic E-state index is 13.5. The number of carbonyl (C=O) groups is 1. The van der Waals surface area contributed by atoms with Crippen LogP contribution in [0.4, 0.5) is 8.78 Å². The Balaban J connectivity index is 1.44. The van der Waals surface area contributed by atoms with Crippen LogP contribution in [0.3, 0.4) is 0 Å². The first kappa shape index (κ1) is 24.8. The molecule has 2 aromatic carbocycles. The van der Waals surface area contributed by atoms with Crippen molar-refractivity contribution in [2.24, 2.45) is 0 Å². The lowest BCUT2D eigenvalue weighted by Gasteiger charge is -2.42. The number of amides is 1. The summed E-state index contributed by atoms with van der Waals surface area (Å²) >= 11 is 0. The molecule has 2 atom stereocenters. The summed E-state index contributed by atoms with van der Waals surface area (Å²) in [5.74, 6) is -0.511. The van der Waals surface area contributed by atoms with E-state index in [2.05, 4.69) is 9.80 Å². The van der Waals surface area contributed by atoms with Crippen molar-refractivity contribution < 1.29 is 22.0 Å². The van der Waals surface area contributed by atoms with Gasteiger partial charge < -0.3 is 4.90 Å². The molecule has 2 aromatic rings. The number of piperazine rings is 1. The third kappa shape index (κ3) is 5.47. The van der Waals surface area contributed by atoms with Gasteiger partial charge in [0.05, 0.1) is 23.6 Å². The van der Waals surface area contributed by atoms with E-state index in [4.69, 9.17) is 0 Å². The van der Waals surface area contributed by atoms with Crippen LogP contribution < -0.4 is 0 Å². The highest BCUT2D eigenvalue weighted by Crippen LogP contribution is 2.30. The van der Waals surface area contributed by atoms with Crippen LogP contribution in [0.1, 0.15) is 30.5 Å². The van der Waals surface area contributed by atoms with Crippen LogP contribution in [0, 0.1) is 11.6 Å². The number of rotatable bonds is 6. The van der Waals surface area contributed by atoms with Gasteiger partial charge in [0.2, 0.25) is 5.91 Å². The van der Waals surface area contributed by atoms with E-state index in [-0.39, 0.29) is 47.2 Å². The minimum Gasteiger partial charge on any atom is -0.340 e. The lowest BCUT2D eigenvalue weighted by molar-refractivity contribution is -0.137. The number of halogens is 2. The van der Waals surface area contributed by atoms with E-state index in [1.54, 1.807) is 36.2 Å². The lowest BCUT2D eigenvalue weighted by atomic mass is 9.96. The molecule has 4 rings (SSSR count). The fourth-order valence-electron chi connectivity index (χ4n) is 5.00. The summed E-state index contributed by atoms with van der Waals surface area (Å²) < 4.78 is 50.7. The minimum absolute atomic E-state index is 0.0345. The zero-order chi connectivity index (χ0) is 24.5. The number of sulfone groups is 1. The second kappa shape index (κ2) is 10.1. The van der Waals surface area contributed by atoms with Gasteiger partial charge in [-0.15, -0.1) is 0 Å². The molecular weight excluding hydrogens is 460 g/mol. The first-order chi connectivity index (χ1) is 16.1. The molecule has 9 heteroatoms. The Labute approximate surface area is 200 Å². The molecule has 2 heterocycles. The second-order valence-corrected chi connectivity index (χ2v) is 11.5. The first-order valence-corrected chi connectivity index (χ1v) is 13.4. The Kier molecular flexibility index (Phi) is 7.35. The van der Waals surface area contributed by atoms with Crippen molar-refractivity contribution in [2.45, 2.75) is 31.5 Å². The standard InChI is InChI=1S/C25H31F2N3O3S/c1-18(25(31)28(2)23-11-16-34(32,33)17-23)29-12-14-30(15-13-29)24(19-3-7-21(26)8-4-19)20-5-9-22(27)10-6-20/h3-10,18,23-24H,11-17H2,1-2H3/t18-,23+/m1/s1. The van der Waals surface area contributed by atoms with Gasteiger partial charge >= 0.3 is 0 Å². The Morgan fingerprint density at radius 1 is 0.912 bits per heavy atom. The van der Waals surface area contributed by atoms with Gasteiger partial charge in [0, 0.05) is 39.3 Å². The van der Waals surface area contributed by atoms with Crippen LogP contribution in [0.25, 0.3) is 0 Å². The molecule has 0 radical (unpaired) electrons. The van der Waals surface area contributed by atoms with Gasteiger partial charge in [0.15, 0.2) is 9.84 Å². The molecule has 0 bridgehead atoms. The molecular formula is C25H31F2N3O3S. The molecule has 2 aliphatic heterocycles. The van der Waals surface area contributed by atoms with Crippen molar-refractivity contribution in [3.05, 3.63) is 71.3 Å². The predicted octanol–water partition coefficient (Wildman–Crippen LogP) is 2.71. The van der Waals surface area contributed by atoms with Gasteiger partial charge in [-0.1, -0.05) is 24.3 Å². The number of hydrogen-bond donors (Lipinski definition) is 0. The molecule has 0 aliphatic carbocycles. The van der Waals surface area contributed by atoms with Crippen molar-refractivity contribution in [3.63, 3.8) is 0 Å². The van der Waals surface area contributed by atoms with Crippen LogP contribution in [-0.2, 0) is 14.6 Å². The van der Waals surface area contributed by atoms with Crippen molar-refractivity contribution in [2.75, 3.05) is 44.7 Å². The normalized spacial score (nSPS) is 22.1. The van der Waals surface area contributed by atoms with Crippen molar-refractivity contribution in [1.29, 1.82) is 0 Å². The van der Waals surface area contributed by atoms with Gasteiger partial charge in [-0.25, -0.2) is 17.2 Å². The van der Waals surface area contributed by atoms with Gasteiger partial charge in [0.1, 0.15) is 11.6 Å².